The smallest absolute Gasteiger partial charge is 0.338 e. The number of rotatable bonds is 4. The van der Waals surface area contributed by atoms with Crippen molar-refractivity contribution in [1.82, 2.24) is 10.2 Å². The molecule has 0 aromatic heterocycles. The maximum Gasteiger partial charge on any atom is 0.393 e. The molecule has 0 radical (unpaired) electrons. The molecule has 1 unspecified atom stereocenters. The average Bonchev–Trinajstić information content (AvgIpc) is 2.52. The highest BCUT2D eigenvalue weighted by molar-refractivity contribution is 5.95. The third kappa shape index (κ3) is 4.00. The molecule has 22 heavy (non-hydrogen) atoms. The molecule has 0 spiro atoms. The number of alkyl halides is 3. The Labute approximate surface area is 128 Å². The first-order valence-corrected chi connectivity index (χ1v) is 7.52. The van der Waals surface area contributed by atoms with Crippen molar-refractivity contribution in [2.24, 2.45) is 5.92 Å². The molecule has 1 amide bonds. The Morgan fingerprint density at radius 3 is 2.77 bits per heavy atom. The molecule has 6 heteroatoms. The third-order valence-corrected chi connectivity index (χ3v) is 4.06. The van der Waals surface area contributed by atoms with E-state index >= 15 is 0 Å². The number of carbonyl (C=O) groups is 1. The Morgan fingerprint density at radius 1 is 1.36 bits per heavy atom. The summed E-state index contributed by atoms with van der Waals surface area (Å²) in [6, 6.07) is 7.15. The van der Waals surface area contributed by atoms with Gasteiger partial charge in [-0.25, -0.2) is 0 Å². The molecule has 1 atom stereocenters. The van der Waals surface area contributed by atoms with Crippen LogP contribution in [0.4, 0.5) is 13.2 Å². The van der Waals surface area contributed by atoms with Crippen LogP contribution in [0, 0.1) is 5.92 Å². The van der Waals surface area contributed by atoms with Gasteiger partial charge in [0.2, 0.25) is 0 Å². The monoisotopic (exact) mass is 314 g/mol. The number of hydrogen-bond acceptors (Lipinski definition) is 2. The van der Waals surface area contributed by atoms with Gasteiger partial charge in [0.1, 0.15) is 0 Å². The van der Waals surface area contributed by atoms with Crippen molar-refractivity contribution in [2.75, 3.05) is 26.7 Å². The van der Waals surface area contributed by atoms with Gasteiger partial charge in [-0.15, -0.1) is 0 Å². The Morgan fingerprint density at radius 2 is 2.09 bits per heavy atom. The van der Waals surface area contributed by atoms with Crippen molar-refractivity contribution >= 4 is 5.91 Å². The van der Waals surface area contributed by atoms with Gasteiger partial charge in [0.05, 0.1) is 5.92 Å². The number of nitrogens with one attached hydrogen (secondary N) is 1. The van der Waals surface area contributed by atoms with Gasteiger partial charge in [-0.1, -0.05) is 18.2 Å². The van der Waals surface area contributed by atoms with Crippen LogP contribution >= 0.6 is 0 Å². The zero-order chi connectivity index (χ0) is 16.2. The summed E-state index contributed by atoms with van der Waals surface area (Å²) in [5, 5.41) is 3.02. The lowest BCUT2D eigenvalue weighted by molar-refractivity contribution is -0.184. The van der Waals surface area contributed by atoms with Crippen molar-refractivity contribution in [3.63, 3.8) is 0 Å². The van der Waals surface area contributed by atoms with E-state index in [2.05, 4.69) is 5.32 Å². The predicted octanol–water partition coefficient (Wildman–Crippen LogP) is 2.86. The zero-order valence-corrected chi connectivity index (χ0v) is 12.6. The van der Waals surface area contributed by atoms with Gasteiger partial charge >= 0.3 is 6.18 Å². The largest absolute Gasteiger partial charge is 0.393 e. The molecule has 0 bridgehead atoms. The van der Waals surface area contributed by atoms with E-state index in [-0.39, 0.29) is 18.9 Å². The molecule has 1 aromatic carbocycles. The Kier molecular flexibility index (Phi) is 5.45. The SMILES string of the molecule is CNCCc1ccccc1C(=O)N1CCCC(C(F)(F)F)C1. The Hall–Kier alpha value is -1.56. The van der Waals surface area contributed by atoms with Crippen LogP contribution in [0.3, 0.4) is 0 Å². The number of carbonyl (C=O) groups excluding carboxylic acids is 1. The van der Waals surface area contributed by atoms with Crippen LogP contribution in [-0.4, -0.2) is 43.7 Å². The number of amides is 1. The summed E-state index contributed by atoms with van der Waals surface area (Å²) in [6.07, 6.45) is -3.05. The molecule has 1 fully saturated rings. The summed E-state index contributed by atoms with van der Waals surface area (Å²) in [5.74, 6) is -1.70. The minimum Gasteiger partial charge on any atom is -0.338 e. The first-order chi connectivity index (χ1) is 10.4. The Balaban J connectivity index is 2.14. The van der Waals surface area contributed by atoms with E-state index in [4.69, 9.17) is 0 Å². The highest BCUT2D eigenvalue weighted by atomic mass is 19.4. The zero-order valence-electron chi connectivity index (χ0n) is 12.6. The second-order valence-electron chi connectivity index (χ2n) is 5.64. The quantitative estimate of drug-likeness (QED) is 0.927. The number of hydrogen-bond donors (Lipinski definition) is 1. The van der Waals surface area contributed by atoms with Crippen molar-refractivity contribution in [3.8, 4) is 0 Å². The second kappa shape index (κ2) is 7.13. The summed E-state index contributed by atoms with van der Waals surface area (Å²) < 4.78 is 38.6. The molecule has 2 rings (SSSR count). The molecule has 122 valence electrons. The summed E-state index contributed by atoms with van der Waals surface area (Å²) in [5.41, 5.74) is 1.39. The van der Waals surface area contributed by atoms with Crippen LogP contribution in [0.25, 0.3) is 0 Å². The van der Waals surface area contributed by atoms with Gasteiger partial charge in [0.15, 0.2) is 0 Å². The molecule has 0 aliphatic carbocycles. The molecule has 1 aliphatic rings. The van der Waals surface area contributed by atoms with Gasteiger partial charge in [-0.3, -0.25) is 4.79 Å². The predicted molar refractivity (Wildman–Crippen MR) is 78.8 cm³/mol. The molecule has 1 saturated heterocycles. The van der Waals surface area contributed by atoms with Crippen LogP contribution in [0.1, 0.15) is 28.8 Å². The van der Waals surface area contributed by atoms with Crippen LogP contribution in [0.2, 0.25) is 0 Å². The second-order valence-corrected chi connectivity index (χ2v) is 5.64. The summed E-state index contributed by atoms with van der Waals surface area (Å²) in [6.45, 7) is 0.879. The minimum absolute atomic E-state index is 0.106. The van der Waals surface area contributed by atoms with E-state index in [1.807, 2.05) is 19.2 Å². The topological polar surface area (TPSA) is 32.3 Å². The lowest BCUT2D eigenvalue weighted by Gasteiger charge is -2.34. The highest BCUT2D eigenvalue weighted by Gasteiger charge is 2.42. The fraction of sp³-hybridized carbons (Fsp3) is 0.562. The van der Waals surface area contributed by atoms with E-state index in [9.17, 15) is 18.0 Å². The fourth-order valence-electron chi connectivity index (χ4n) is 2.81. The van der Waals surface area contributed by atoms with Crippen LogP contribution in [-0.2, 0) is 6.42 Å². The summed E-state index contributed by atoms with van der Waals surface area (Å²) in [4.78, 5) is 13.9. The minimum atomic E-state index is -4.23. The number of piperidine rings is 1. The fourth-order valence-corrected chi connectivity index (χ4v) is 2.81. The molecule has 1 N–H and O–H groups in total. The summed E-state index contributed by atoms with van der Waals surface area (Å²) >= 11 is 0. The van der Waals surface area contributed by atoms with Gasteiger partial charge in [-0.05, 0) is 44.5 Å². The number of likely N-dealkylation sites (tertiary alicyclic amines) is 1. The standard InChI is InChI=1S/C16H21F3N2O/c1-20-9-8-12-5-2-3-7-14(12)15(22)21-10-4-6-13(11-21)16(17,18)19/h2-3,5,7,13,20H,4,6,8-11H2,1H3. The molecule has 0 saturated carbocycles. The van der Waals surface area contributed by atoms with Gasteiger partial charge in [0, 0.05) is 18.7 Å². The van der Waals surface area contributed by atoms with Crippen molar-refractivity contribution in [2.45, 2.75) is 25.4 Å². The first-order valence-electron chi connectivity index (χ1n) is 7.52. The van der Waals surface area contributed by atoms with E-state index < -0.39 is 12.1 Å². The number of likely N-dealkylation sites (N-methyl/N-ethyl adjacent to an activating group) is 1. The normalized spacial score (nSPS) is 19.3. The molecule has 1 aliphatic heterocycles. The third-order valence-electron chi connectivity index (χ3n) is 4.06. The maximum atomic E-state index is 12.9. The molecule has 1 heterocycles. The van der Waals surface area contributed by atoms with Gasteiger partial charge in [-0.2, -0.15) is 13.2 Å². The molecule has 3 nitrogen and oxygen atoms in total. The van der Waals surface area contributed by atoms with E-state index in [0.717, 1.165) is 12.1 Å². The average molecular weight is 314 g/mol. The molecule has 1 aromatic rings. The molecular formula is C16H21F3N2O. The lowest BCUT2D eigenvalue weighted by atomic mass is 9.96. The van der Waals surface area contributed by atoms with E-state index in [1.165, 1.54) is 4.90 Å². The van der Waals surface area contributed by atoms with Crippen LogP contribution in [0.15, 0.2) is 24.3 Å². The van der Waals surface area contributed by atoms with E-state index in [1.54, 1.807) is 12.1 Å². The van der Waals surface area contributed by atoms with Gasteiger partial charge in [0.25, 0.3) is 5.91 Å². The van der Waals surface area contributed by atoms with Gasteiger partial charge < -0.3 is 10.2 Å². The van der Waals surface area contributed by atoms with Crippen LogP contribution < -0.4 is 5.32 Å². The van der Waals surface area contributed by atoms with Crippen molar-refractivity contribution in [3.05, 3.63) is 35.4 Å². The maximum absolute atomic E-state index is 12.9. The first kappa shape index (κ1) is 16.8. The van der Waals surface area contributed by atoms with Crippen molar-refractivity contribution < 1.29 is 18.0 Å². The number of benzene rings is 1. The molecular weight excluding hydrogens is 293 g/mol. The lowest BCUT2D eigenvalue weighted by Crippen LogP contribution is -2.44. The summed E-state index contributed by atoms with van der Waals surface area (Å²) in [7, 11) is 1.82. The Bertz CT molecular complexity index is 516. The number of nitrogens with zero attached hydrogens (tertiary/aromatic N) is 1. The van der Waals surface area contributed by atoms with Crippen LogP contribution in [0.5, 0.6) is 0 Å². The van der Waals surface area contributed by atoms with Crippen molar-refractivity contribution in [1.29, 1.82) is 0 Å². The number of halogens is 3. The highest BCUT2D eigenvalue weighted by Crippen LogP contribution is 2.33. The van der Waals surface area contributed by atoms with E-state index in [0.29, 0.717) is 24.9 Å².